The lowest BCUT2D eigenvalue weighted by atomic mass is 10.0. The fourth-order valence-corrected chi connectivity index (χ4v) is 1.54. The summed E-state index contributed by atoms with van der Waals surface area (Å²) in [7, 11) is 0. The number of nitrogens with two attached hydrogens (primary N) is 1. The van der Waals surface area contributed by atoms with Gasteiger partial charge in [-0.25, -0.2) is 0 Å². The molecule has 0 heterocycles. The quantitative estimate of drug-likeness (QED) is 0.806. The molecule has 3 N–H and O–H groups in total. The van der Waals surface area contributed by atoms with Crippen molar-refractivity contribution < 1.29 is 4.79 Å². The average Bonchev–Trinajstić information content (AvgIpc) is 2.21. The molecule has 0 radical (unpaired) electrons. The van der Waals surface area contributed by atoms with Gasteiger partial charge in [-0.05, 0) is 24.1 Å². The Balaban J connectivity index is 2.65. The molecule has 15 heavy (non-hydrogen) atoms. The number of rotatable bonds is 5. The third kappa shape index (κ3) is 3.90. The van der Waals surface area contributed by atoms with Crippen LogP contribution in [0.1, 0.15) is 24.9 Å². The highest BCUT2D eigenvalue weighted by atomic mass is 35.5. The van der Waals surface area contributed by atoms with Crippen LogP contribution in [0.5, 0.6) is 0 Å². The van der Waals surface area contributed by atoms with Crippen molar-refractivity contribution in [2.24, 2.45) is 5.73 Å². The number of carbonyl (C=O) groups is 1. The van der Waals surface area contributed by atoms with Crippen molar-refractivity contribution in [3.63, 3.8) is 0 Å². The van der Waals surface area contributed by atoms with E-state index in [1.54, 1.807) is 0 Å². The van der Waals surface area contributed by atoms with Gasteiger partial charge in [0, 0.05) is 11.1 Å². The van der Waals surface area contributed by atoms with E-state index in [2.05, 4.69) is 5.32 Å². The topological polar surface area (TPSA) is 55.1 Å². The minimum absolute atomic E-state index is 0.148. The zero-order valence-electron chi connectivity index (χ0n) is 8.66. The van der Waals surface area contributed by atoms with E-state index >= 15 is 0 Å². The van der Waals surface area contributed by atoms with Crippen LogP contribution in [0.3, 0.4) is 0 Å². The molecular weight excluding hydrogens is 212 g/mol. The van der Waals surface area contributed by atoms with Crippen LogP contribution in [0, 0.1) is 0 Å². The van der Waals surface area contributed by atoms with Crippen LogP contribution in [-0.4, -0.2) is 12.5 Å². The lowest BCUT2D eigenvalue weighted by Gasteiger charge is -2.16. The summed E-state index contributed by atoms with van der Waals surface area (Å²) in [6, 6.07) is 7.72. The van der Waals surface area contributed by atoms with Crippen molar-refractivity contribution in [3.05, 3.63) is 34.9 Å². The molecule has 4 heteroatoms. The molecular formula is C11H15ClN2O. The fraction of sp³-hybridized carbons (Fsp3) is 0.364. The molecule has 0 aliphatic carbocycles. The molecule has 0 spiro atoms. The van der Waals surface area contributed by atoms with Gasteiger partial charge in [0.25, 0.3) is 0 Å². The molecule has 0 saturated heterocycles. The smallest absolute Gasteiger partial charge is 0.231 e. The number of nitrogens with one attached hydrogen (secondary N) is 1. The van der Waals surface area contributed by atoms with Gasteiger partial charge in [-0.1, -0.05) is 30.7 Å². The third-order valence-corrected chi connectivity index (χ3v) is 2.46. The van der Waals surface area contributed by atoms with Gasteiger partial charge < -0.3 is 11.1 Å². The summed E-state index contributed by atoms with van der Waals surface area (Å²) in [5, 5.41) is 3.80. The summed E-state index contributed by atoms with van der Waals surface area (Å²) in [5.74, 6) is -0.345. The summed E-state index contributed by atoms with van der Waals surface area (Å²) in [6.07, 6.45) is 0.898. The number of halogens is 1. The maximum atomic E-state index is 10.6. The highest BCUT2D eigenvalue weighted by molar-refractivity contribution is 6.30. The van der Waals surface area contributed by atoms with Gasteiger partial charge in [0.15, 0.2) is 0 Å². The molecule has 0 bridgehead atoms. The summed E-state index contributed by atoms with van der Waals surface area (Å²) in [5.41, 5.74) is 6.19. The second kappa shape index (κ2) is 5.73. The van der Waals surface area contributed by atoms with Crippen molar-refractivity contribution >= 4 is 17.5 Å². The van der Waals surface area contributed by atoms with Gasteiger partial charge in [0.2, 0.25) is 5.91 Å². The molecule has 0 saturated carbocycles. The highest BCUT2D eigenvalue weighted by Crippen LogP contribution is 2.18. The van der Waals surface area contributed by atoms with E-state index in [0.717, 1.165) is 12.0 Å². The monoisotopic (exact) mass is 226 g/mol. The van der Waals surface area contributed by atoms with E-state index in [1.807, 2.05) is 31.2 Å². The van der Waals surface area contributed by atoms with Gasteiger partial charge >= 0.3 is 0 Å². The Labute approximate surface area is 94.6 Å². The maximum Gasteiger partial charge on any atom is 0.231 e. The Kier molecular flexibility index (Phi) is 4.59. The largest absolute Gasteiger partial charge is 0.369 e. The van der Waals surface area contributed by atoms with Crippen LogP contribution in [0.4, 0.5) is 0 Å². The first kappa shape index (κ1) is 12.0. The Morgan fingerprint density at radius 1 is 1.47 bits per heavy atom. The third-order valence-electron chi connectivity index (χ3n) is 2.20. The number of benzene rings is 1. The van der Waals surface area contributed by atoms with Crippen LogP contribution < -0.4 is 11.1 Å². The Bertz CT molecular complexity index is 324. The highest BCUT2D eigenvalue weighted by Gasteiger charge is 2.08. The van der Waals surface area contributed by atoms with Gasteiger partial charge in [-0.15, -0.1) is 0 Å². The molecule has 1 rings (SSSR count). The summed E-state index contributed by atoms with van der Waals surface area (Å²) in [4.78, 5) is 10.6. The Morgan fingerprint density at radius 3 is 2.53 bits per heavy atom. The molecule has 82 valence electrons. The lowest BCUT2D eigenvalue weighted by Crippen LogP contribution is -2.31. The fourth-order valence-electron chi connectivity index (χ4n) is 1.42. The number of hydrogen-bond donors (Lipinski definition) is 2. The van der Waals surface area contributed by atoms with Gasteiger partial charge in [0.1, 0.15) is 0 Å². The number of hydrogen-bond acceptors (Lipinski definition) is 2. The second-order valence-electron chi connectivity index (χ2n) is 3.36. The van der Waals surface area contributed by atoms with Crippen molar-refractivity contribution in [3.8, 4) is 0 Å². The van der Waals surface area contributed by atoms with E-state index in [0.29, 0.717) is 5.02 Å². The van der Waals surface area contributed by atoms with Gasteiger partial charge in [0.05, 0.1) is 6.54 Å². The van der Waals surface area contributed by atoms with Gasteiger partial charge in [-0.2, -0.15) is 0 Å². The van der Waals surface area contributed by atoms with E-state index in [9.17, 15) is 4.79 Å². The first-order chi connectivity index (χ1) is 7.13. The van der Waals surface area contributed by atoms with E-state index in [-0.39, 0.29) is 18.5 Å². The molecule has 1 amide bonds. The lowest BCUT2D eigenvalue weighted by molar-refractivity contribution is -0.117. The van der Waals surface area contributed by atoms with E-state index < -0.39 is 0 Å². The van der Waals surface area contributed by atoms with Crippen molar-refractivity contribution in [1.82, 2.24) is 5.32 Å². The Morgan fingerprint density at radius 2 is 2.07 bits per heavy atom. The summed E-state index contributed by atoms with van der Waals surface area (Å²) >= 11 is 5.79. The number of carbonyl (C=O) groups excluding carboxylic acids is 1. The van der Waals surface area contributed by atoms with Crippen LogP contribution in [-0.2, 0) is 4.79 Å². The predicted octanol–water partition coefficient (Wildman–Crippen LogP) is 1.87. The average molecular weight is 227 g/mol. The van der Waals surface area contributed by atoms with Gasteiger partial charge in [-0.3, -0.25) is 4.79 Å². The van der Waals surface area contributed by atoms with E-state index in [4.69, 9.17) is 17.3 Å². The standard InChI is InChI=1S/C11H15ClN2O/c1-2-10(14-7-11(13)15)8-3-5-9(12)6-4-8/h3-6,10,14H,2,7H2,1H3,(H2,13,15). The van der Waals surface area contributed by atoms with Crippen molar-refractivity contribution in [1.29, 1.82) is 0 Å². The predicted molar refractivity (Wildman–Crippen MR) is 61.7 cm³/mol. The zero-order valence-corrected chi connectivity index (χ0v) is 9.42. The summed E-state index contributed by atoms with van der Waals surface area (Å²) in [6.45, 7) is 2.24. The van der Waals surface area contributed by atoms with Crippen LogP contribution in [0.25, 0.3) is 0 Å². The molecule has 1 aromatic rings. The van der Waals surface area contributed by atoms with Crippen molar-refractivity contribution in [2.45, 2.75) is 19.4 Å². The molecule has 0 aliphatic heterocycles. The molecule has 1 aromatic carbocycles. The minimum Gasteiger partial charge on any atom is -0.369 e. The van der Waals surface area contributed by atoms with Crippen molar-refractivity contribution in [2.75, 3.05) is 6.54 Å². The van der Waals surface area contributed by atoms with Crippen LogP contribution >= 0.6 is 11.6 Å². The molecule has 1 unspecified atom stereocenters. The Hall–Kier alpha value is -1.06. The summed E-state index contributed by atoms with van der Waals surface area (Å²) < 4.78 is 0. The maximum absolute atomic E-state index is 10.6. The van der Waals surface area contributed by atoms with Crippen LogP contribution in [0.15, 0.2) is 24.3 Å². The van der Waals surface area contributed by atoms with Crippen LogP contribution in [0.2, 0.25) is 5.02 Å². The molecule has 0 aromatic heterocycles. The van der Waals surface area contributed by atoms with E-state index in [1.165, 1.54) is 0 Å². The second-order valence-corrected chi connectivity index (χ2v) is 3.80. The molecule has 0 aliphatic rings. The molecule has 0 fully saturated rings. The number of primary amides is 1. The zero-order chi connectivity index (χ0) is 11.3. The first-order valence-corrected chi connectivity index (χ1v) is 5.28. The molecule has 1 atom stereocenters. The SMILES string of the molecule is CCC(NCC(N)=O)c1ccc(Cl)cc1. The normalized spacial score (nSPS) is 12.4. The number of amides is 1. The first-order valence-electron chi connectivity index (χ1n) is 4.90. The molecule has 3 nitrogen and oxygen atoms in total. The minimum atomic E-state index is -0.345.